The second-order valence-electron chi connectivity index (χ2n) is 4.33. The van der Waals surface area contributed by atoms with Crippen LogP contribution in [-0.2, 0) is 4.74 Å². The molecule has 1 aromatic carbocycles. The van der Waals surface area contributed by atoms with E-state index in [-0.39, 0.29) is 5.78 Å². The van der Waals surface area contributed by atoms with E-state index in [1.807, 2.05) is 30.3 Å². The Hall–Kier alpha value is -2.16. The number of hydrogen-bond acceptors (Lipinski definition) is 3. The van der Waals surface area contributed by atoms with E-state index in [1.165, 1.54) is 0 Å². The molecule has 0 radical (unpaired) electrons. The number of nitrogens with zero attached hydrogens (tertiary/aromatic N) is 1. The Labute approximate surface area is 105 Å². The summed E-state index contributed by atoms with van der Waals surface area (Å²) in [5.41, 5.74) is 2.15. The van der Waals surface area contributed by atoms with E-state index in [0.29, 0.717) is 12.2 Å². The molecule has 90 valence electrons. The van der Waals surface area contributed by atoms with Gasteiger partial charge in [-0.1, -0.05) is 18.2 Å². The summed E-state index contributed by atoms with van der Waals surface area (Å²) in [4.78, 5) is 16.7. The molecular formula is C15H13NO2. The first-order valence-corrected chi connectivity index (χ1v) is 6.05. The largest absolute Gasteiger partial charge is 0.501 e. The Morgan fingerprint density at radius 1 is 1.22 bits per heavy atom. The standard InChI is InChI=1S/C15H13NO2/c17-15(12-6-3-9-18-10-12)13-7-1-4-11-5-2-8-16-14(11)13/h1-2,4-5,7-8,10H,3,6,9H2. The smallest absolute Gasteiger partial charge is 0.194 e. The van der Waals surface area contributed by atoms with E-state index in [0.717, 1.165) is 29.3 Å². The third kappa shape index (κ3) is 1.88. The highest BCUT2D eigenvalue weighted by molar-refractivity contribution is 6.15. The molecule has 18 heavy (non-hydrogen) atoms. The summed E-state index contributed by atoms with van der Waals surface area (Å²) in [5.74, 6) is 0.0269. The molecule has 1 aromatic heterocycles. The van der Waals surface area contributed by atoms with Crippen molar-refractivity contribution in [1.29, 1.82) is 0 Å². The van der Waals surface area contributed by atoms with Crippen LogP contribution < -0.4 is 0 Å². The molecule has 3 rings (SSSR count). The third-order valence-corrected chi connectivity index (χ3v) is 3.10. The van der Waals surface area contributed by atoms with Crippen molar-refractivity contribution in [3.63, 3.8) is 0 Å². The normalized spacial score (nSPS) is 15.0. The van der Waals surface area contributed by atoms with Crippen molar-refractivity contribution in [1.82, 2.24) is 4.98 Å². The highest BCUT2D eigenvalue weighted by atomic mass is 16.5. The Bertz CT molecular complexity index is 626. The zero-order valence-corrected chi connectivity index (χ0v) is 9.93. The number of ketones is 1. The van der Waals surface area contributed by atoms with Crippen LogP contribution >= 0.6 is 0 Å². The molecule has 0 bridgehead atoms. The second-order valence-corrected chi connectivity index (χ2v) is 4.33. The molecule has 2 aromatic rings. The van der Waals surface area contributed by atoms with E-state index >= 15 is 0 Å². The molecule has 3 heteroatoms. The lowest BCUT2D eigenvalue weighted by Crippen LogP contribution is -2.10. The monoisotopic (exact) mass is 239 g/mol. The molecule has 0 unspecified atom stereocenters. The van der Waals surface area contributed by atoms with Crippen molar-refractivity contribution in [2.45, 2.75) is 12.8 Å². The molecule has 0 fully saturated rings. The van der Waals surface area contributed by atoms with Gasteiger partial charge in [0, 0.05) is 22.7 Å². The fraction of sp³-hybridized carbons (Fsp3) is 0.200. The first kappa shape index (κ1) is 11.0. The molecule has 0 saturated carbocycles. The first-order valence-electron chi connectivity index (χ1n) is 6.05. The number of fused-ring (bicyclic) bond motifs is 1. The van der Waals surface area contributed by atoms with Crippen LogP contribution in [0.5, 0.6) is 0 Å². The van der Waals surface area contributed by atoms with Gasteiger partial charge in [0.25, 0.3) is 0 Å². The van der Waals surface area contributed by atoms with Crippen LogP contribution in [0, 0.1) is 0 Å². The van der Waals surface area contributed by atoms with Gasteiger partial charge in [-0.2, -0.15) is 0 Å². The summed E-state index contributed by atoms with van der Waals surface area (Å²) >= 11 is 0. The maximum Gasteiger partial charge on any atom is 0.194 e. The summed E-state index contributed by atoms with van der Waals surface area (Å²) in [6, 6.07) is 9.52. The lowest BCUT2D eigenvalue weighted by Gasteiger charge is -2.13. The van der Waals surface area contributed by atoms with Crippen LogP contribution in [0.1, 0.15) is 23.2 Å². The van der Waals surface area contributed by atoms with Crippen LogP contribution in [-0.4, -0.2) is 17.4 Å². The van der Waals surface area contributed by atoms with E-state index < -0.39 is 0 Å². The van der Waals surface area contributed by atoms with Crippen molar-refractivity contribution in [3.8, 4) is 0 Å². The van der Waals surface area contributed by atoms with Gasteiger partial charge in [-0.15, -0.1) is 0 Å². The number of allylic oxidation sites excluding steroid dienone is 1. The Balaban J connectivity index is 2.09. The predicted molar refractivity (Wildman–Crippen MR) is 69.3 cm³/mol. The molecule has 1 aliphatic heterocycles. The number of ether oxygens (including phenoxy) is 1. The topological polar surface area (TPSA) is 39.2 Å². The average molecular weight is 239 g/mol. The number of benzene rings is 1. The maximum atomic E-state index is 12.4. The van der Waals surface area contributed by atoms with Crippen LogP contribution in [0.15, 0.2) is 48.4 Å². The zero-order valence-electron chi connectivity index (χ0n) is 9.93. The molecule has 0 amide bonds. The number of hydrogen-bond donors (Lipinski definition) is 0. The Morgan fingerprint density at radius 3 is 2.94 bits per heavy atom. The van der Waals surface area contributed by atoms with Crippen molar-refractivity contribution in [3.05, 3.63) is 53.9 Å². The second kappa shape index (κ2) is 4.61. The van der Waals surface area contributed by atoms with Gasteiger partial charge in [-0.25, -0.2) is 0 Å². The fourth-order valence-electron chi connectivity index (χ4n) is 2.19. The molecule has 0 atom stereocenters. The van der Waals surface area contributed by atoms with Crippen molar-refractivity contribution in [2.75, 3.05) is 6.61 Å². The predicted octanol–water partition coefficient (Wildman–Crippen LogP) is 3.11. The van der Waals surface area contributed by atoms with Gasteiger partial charge in [-0.05, 0) is 25.0 Å². The number of Topliss-reactive ketones (excluding diaryl/α,β-unsaturated/α-hetero) is 1. The fourth-order valence-corrected chi connectivity index (χ4v) is 2.19. The highest BCUT2D eigenvalue weighted by Crippen LogP contribution is 2.22. The van der Waals surface area contributed by atoms with Gasteiger partial charge in [0.1, 0.15) is 0 Å². The molecule has 3 nitrogen and oxygen atoms in total. The van der Waals surface area contributed by atoms with E-state index in [2.05, 4.69) is 4.98 Å². The van der Waals surface area contributed by atoms with Gasteiger partial charge in [0.15, 0.2) is 5.78 Å². The maximum absolute atomic E-state index is 12.4. The first-order chi connectivity index (χ1) is 8.86. The van der Waals surface area contributed by atoms with Crippen LogP contribution in [0.2, 0.25) is 0 Å². The van der Waals surface area contributed by atoms with Gasteiger partial charge < -0.3 is 4.74 Å². The molecule has 2 heterocycles. The van der Waals surface area contributed by atoms with Gasteiger partial charge in [0.05, 0.1) is 18.4 Å². The molecule has 1 aliphatic rings. The highest BCUT2D eigenvalue weighted by Gasteiger charge is 2.17. The summed E-state index contributed by atoms with van der Waals surface area (Å²) in [7, 11) is 0. The minimum atomic E-state index is 0.0269. The molecule has 0 aliphatic carbocycles. The Morgan fingerprint density at radius 2 is 2.11 bits per heavy atom. The summed E-state index contributed by atoms with van der Waals surface area (Å²) in [5, 5.41) is 0.987. The quantitative estimate of drug-likeness (QED) is 0.756. The molecular weight excluding hydrogens is 226 g/mol. The molecule has 0 saturated heterocycles. The number of carbonyl (C=O) groups excluding carboxylic acids is 1. The number of rotatable bonds is 2. The zero-order chi connectivity index (χ0) is 12.4. The van der Waals surface area contributed by atoms with E-state index in [4.69, 9.17) is 4.74 Å². The summed E-state index contributed by atoms with van der Waals surface area (Å²) in [6.45, 7) is 0.699. The van der Waals surface area contributed by atoms with Gasteiger partial charge in [0.2, 0.25) is 0 Å². The Kier molecular flexibility index (Phi) is 2.81. The SMILES string of the molecule is O=C(C1=COCCC1)c1cccc2cccnc12. The summed E-state index contributed by atoms with van der Waals surface area (Å²) in [6.07, 6.45) is 4.98. The minimum Gasteiger partial charge on any atom is -0.501 e. The van der Waals surface area contributed by atoms with Crippen molar-refractivity contribution in [2.24, 2.45) is 0 Å². The lowest BCUT2D eigenvalue weighted by atomic mass is 9.97. The molecule has 0 spiro atoms. The number of para-hydroxylation sites is 1. The van der Waals surface area contributed by atoms with Crippen LogP contribution in [0.4, 0.5) is 0 Å². The van der Waals surface area contributed by atoms with E-state index in [1.54, 1.807) is 12.5 Å². The van der Waals surface area contributed by atoms with Crippen LogP contribution in [0.3, 0.4) is 0 Å². The number of aromatic nitrogens is 1. The van der Waals surface area contributed by atoms with Crippen LogP contribution in [0.25, 0.3) is 10.9 Å². The molecule has 0 N–H and O–H groups in total. The number of pyridine rings is 1. The summed E-state index contributed by atoms with van der Waals surface area (Å²) < 4.78 is 5.23. The number of carbonyl (C=O) groups is 1. The van der Waals surface area contributed by atoms with E-state index in [9.17, 15) is 4.79 Å². The van der Waals surface area contributed by atoms with Gasteiger partial charge in [-0.3, -0.25) is 9.78 Å². The lowest BCUT2D eigenvalue weighted by molar-refractivity contribution is 0.101. The van der Waals surface area contributed by atoms with Gasteiger partial charge >= 0.3 is 0 Å². The average Bonchev–Trinajstić information content (AvgIpc) is 2.47. The third-order valence-electron chi connectivity index (χ3n) is 3.10. The minimum absolute atomic E-state index is 0.0269. The van der Waals surface area contributed by atoms with Crippen molar-refractivity contribution >= 4 is 16.7 Å². The van der Waals surface area contributed by atoms with Crippen molar-refractivity contribution < 1.29 is 9.53 Å².